The SMILES string of the molecule is CNCc1cnc(-c2ccc(C)s2)[nH]1. The van der Waals surface area contributed by atoms with Crippen molar-refractivity contribution in [2.75, 3.05) is 7.05 Å². The smallest absolute Gasteiger partial charge is 0.147 e. The van der Waals surface area contributed by atoms with Crippen molar-refractivity contribution in [2.45, 2.75) is 13.5 Å². The van der Waals surface area contributed by atoms with Crippen LogP contribution in [0.4, 0.5) is 0 Å². The summed E-state index contributed by atoms with van der Waals surface area (Å²) in [4.78, 5) is 10.1. The first-order valence-corrected chi connectivity index (χ1v) is 5.36. The van der Waals surface area contributed by atoms with Gasteiger partial charge in [-0.05, 0) is 26.1 Å². The van der Waals surface area contributed by atoms with Crippen LogP contribution in [0, 0.1) is 6.92 Å². The first kappa shape index (κ1) is 9.43. The van der Waals surface area contributed by atoms with E-state index in [1.54, 1.807) is 11.3 Å². The van der Waals surface area contributed by atoms with Crippen molar-refractivity contribution >= 4 is 11.3 Å². The number of hydrogen-bond acceptors (Lipinski definition) is 3. The Kier molecular flexibility index (Phi) is 2.65. The van der Waals surface area contributed by atoms with E-state index in [-0.39, 0.29) is 0 Å². The zero-order chi connectivity index (χ0) is 9.97. The van der Waals surface area contributed by atoms with Crippen molar-refractivity contribution < 1.29 is 0 Å². The average molecular weight is 207 g/mol. The predicted molar refractivity (Wildman–Crippen MR) is 59.4 cm³/mol. The Labute approximate surface area is 87.2 Å². The van der Waals surface area contributed by atoms with Crippen LogP contribution in [-0.4, -0.2) is 17.0 Å². The van der Waals surface area contributed by atoms with E-state index in [0.29, 0.717) is 0 Å². The van der Waals surface area contributed by atoms with Gasteiger partial charge in [0.15, 0.2) is 0 Å². The molecule has 0 amide bonds. The quantitative estimate of drug-likeness (QED) is 0.809. The van der Waals surface area contributed by atoms with Gasteiger partial charge in [-0.15, -0.1) is 11.3 Å². The van der Waals surface area contributed by atoms with Gasteiger partial charge in [-0.2, -0.15) is 0 Å². The maximum absolute atomic E-state index is 4.33. The van der Waals surface area contributed by atoms with Gasteiger partial charge in [0.1, 0.15) is 5.82 Å². The van der Waals surface area contributed by atoms with Crippen LogP contribution in [0.2, 0.25) is 0 Å². The molecular weight excluding hydrogens is 194 g/mol. The van der Waals surface area contributed by atoms with Crippen LogP contribution < -0.4 is 5.32 Å². The highest BCUT2D eigenvalue weighted by Crippen LogP contribution is 2.24. The number of aromatic nitrogens is 2. The van der Waals surface area contributed by atoms with E-state index in [4.69, 9.17) is 0 Å². The Balaban J connectivity index is 2.24. The lowest BCUT2D eigenvalue weighted by atomic mass is 10.4. The lowest BCUT2D eigenvalue weighted by Crippen LogP contribution is -2.04. The van der Waals surface area contributed by atoms with Crippen LogP contribution in [0.5, 0.6) is 0 Å². The minimum atomic E-state index is 0.831. The summed E-state index contributed by atoms with van der Waals surface area (Å²) in [6.07, 6.45) is 1.88. The molecule has 0 aliphatic carbocycles. The third-order valence-electron chi connectivity index (χ3n) is 1.97. The van der Waals surface area contributed by atoms with Crippen LogP contribution >= 0.6 is 11.3 Å². The number of hydrogen-bond donors (Lipinski definition) is 2. The zero-order valence-electron chi connectivity index (χ0n) is 8.29. The molecule has 0 atom stereocenters. The number of nitrogens with one attached hydrogen (secondary N) is 2. The Morgan fingerprint density at radius 3 is 3.00 bits per heavy atom. The lowest BCUT2D eigenvalue weighted by molar-refractivity contribution is 0.797. The van der Waals surface area contributed by atoms with E-state index in [9.17, 15) is 0 Å². The second-order valence-corrected chi connectivity index (χ2v) is 4.49. The lowest BCUT2D eigenvalue weighted by Gasteiger charge is -1.92. The van der Waals surface area contributed by atoms with E-state index in [0.717, 1.165) is 18.1 Å². The van der Waals surface area contributed by atoms with Crippen molar-refractivity contribution in [3.8, 4) is 10.7 Å². The van der Waals surface area contributed by atoms with Crippen LogP contribution in [-0.2, 0) is 6.54 Å². The second kappa shape index (κ2) is 3.94. The first-order valence-electron chi connectivity index (χ1n) is 4.55. The van der Waals surface area contributed by atoms with Gasteiger partial charge in [-0.3, -0.25) is 0 Å². The third kappa shape index (κ3) is 1.86. The molecule has 2 aromatic rings. The average Bonchev–Trinajstić information content (AvgIpc) is 2.74. The molecule has 2 aromatic heterocycles. The van der Waals surface area contributed by atoms with Gasteiger partial charge in [-0.25, -0.2) is 4.98 Å². The summed E-state index contributed by atoms with van der Waals surface area (Å²) >= 11 is 1.76. The number of aromatic amines is 1. The van der Waals surface area contributed by atoms with Gasteiger partial charge >= 0.3 is 0 Å². The third-order valence-corrected chi connectivity index (χ3v) is 2.98. The van der Waals surface area contributed by atoms with Crippen molar-refractivity contribution in [3.63, 3.8) is 0 Å². The normalized spacial score (nSPS) is 10.7. The minimum absolute atomic E-state index is 0.831. The number of aryl methyl sites for hydroxylation is 1. The first-order chi connectivity index (χ1) is 6.79. The molecule has 2 rings (SSSR count). The summed E-state index contributed by atoms with van der Waals surface area (Å²) in [5.41, 5.74) is 1.12. The Bertz CT molecular complexity index is 416. The number of H-pyrrole nitrogens is 1. The van der Waals surface area contributed by atoms with E-state index in [2.05, 4.69) is 34.3 Å². The highest BCUT2D eigenvalue weighted by molar-refractivity contribution is 7.15. The fraction of sp³-hybridized carbons (Fsp3) is 0.300. The minimum Gasteiger partial charge on any atom is -0.340 e. The van der Waals surface area contributed by atoms with Crippen molar-refractivity contribution in [1.29, 1.82) is 0 Å². The van der Waals surface area contributed by atoms with Crippen LogP contribution in [0.25, 0.3) is 10.7 Å². The molecule has 0 aromatic carbocycles. The fourth-order valence-electron chi connectivity index (χ4n) is 1.33. The highest BCUT2D eigenvalue weighted by Gasteiger charge is 2.04. The molecule has 0 spiro atoms. The summed E-state index contributed by atoms with van der Waals surface area (Å²) < 4.78 is 0. The topological polar surface area (TPSA) is 40.7 Å². The summed E-state index contributed by atoms with van der Waals surface area (Å²) in [7, 11) is 1.93. The molecule has 2 N–H and O–H groups in total. The fourth-order valence-corrected chi connectivity index (χ4v) is 2.15. The van der Waals surface area contributed by atoms with Gasteiger partial charge < -0.3 is 10.3 Å². The molecule has 4 heteroatoms. The number of thiophene rings is 1. The van der Waals surface area contributed by atoms with E-state index in [1.807, 2.05) is 13.2 Å². The molecule has 14 heavy (non-hydrogen) atoms. The molecule has 0 bridgehead atoms. The maximum Gasteiger partial charge on any atom is 0.147 e. The number of imidazole rings is 1. The summed E-state index contributed by atoms with van der Waals surface area (Å²) in [5.74, 6) is 0.966. The monoisotopic (exact) mass is 207 g/mol. The summed E-state index contributed by atoms with van der Waals surface area (Å²) in [6, 6.07) is 4.21. The largest absolute Gasteiger partial charge is 0.340 e. The molecule has 74 valence electrons. The Morgan fingerprint density at radius 1 is 1.50 bits per heavy atom. The van der Waals surface area contributed by atoms with Gasteiger partial charge in [0.25, 0.3) is 0 Å². The number of rotatable bonds is 3. The Morgan fingerprint density at radius 2 is 2.36 bits per heavy atom. The van der Waals surface area contributed by atoms with Crippen LogP contribution in [0.3, 0.4) is 0 Å². The van der Waals surface area contributed by atoms with E-state index in [1.165, 1.54) is 9.75 Å². The van der Waals surface area contributed by atoms with E-state index >= 15 is 0 Å². The number of nitrogens with zero attached hydrogens (tertiary/aromatic N) is 1. The highest BCUT2D eigenvalue weighted by atomic mass is 32.1. The maximum atomic E-state index is 4.33. The molecular formula is C10H13N3S. The Hall–Kier alpha value is -1.13. The van der Waals surface area contributed by atoms with Gasteiger partial charge in [0, 0.05) is 23.3 Å². The van der Waals surface area contributed by atoms with Crippen LogP contribution in [0.15, 0.2) is 18.3 Å². The standard InChI is InChI=1S/C10H13N3S/c1-7-3-4-9(14-7)10-12-6-8(13-10)5-11-2/h3-4,6,11H,5H2,1-2H3,(H,12,13). The molecule has 0 radical (unpaired) electrons. The molecule has 0 aliphatic heterocycles. The molecule has 0 aliphatic rings. The summed E-state index contributed by atoms with van der Waals surface area (Å²) in [6.45, 7) is 2.93. The predicted octanol–water partition coefficient (Wildman–Crippen LogP) is 2.17. The summed E-state index contributed by atoms with van der Waals surface area (Å²) in [5, 5.41) is 3.09. The van der Waals surface area contributed by atoms with E-state index < -0.39 is 0 Å². The molecule has 2 heterocycles. The van der Waals surface area contributed by atoms with Gasteiger partial charge in [0.2, 0.25) is 0 Å². The second-order valence-electron chi connectivity index (χ2n) is 3.20. The molecule has 0 saturated carbocycles. The zero-order valence-corrected chi connectivity index (χ0v) is 9.11. The molecule has 0 unspecified atom stereocenters. The van der Waals surface area contributed by atoms with Crippen LogP contribution in [0.1, 0.15) is 10.6 Å². The molecule has 0 fully saturated rings. The molecule has 0 saturated heterocycles. The van der Waals surface area contributed by atoms with Crippen molar-refractivity contribution in [2.24, 2.45) is 0 Å². The van der Waals surface area contributed by atoms with Crippen molar-refractivity contribution in [3.05, 3.63) is 28.9 Å². The van der Waals surface area contributed by atoms with Crippen molar-refractivity contribution in [1.82, 2.24) is 15.3 Å². The van der Waals surface area contributed by atoms with Gasteiger partial charge in [0.05, 0.1) is 4.88 Å². The molecule has 3 nitrogen and oxygen atoms in total. The van der Waals surface area contributed by atoms with Gasteiger partial charge in [-0.1, -0.05) is 0 Å².